The number of ether oxygens (including phenoxy) is 1. The summed E-state index contributed by atoms with van der Waals surface area (Å²) >= 11 is 6.22. The van der Waals surface area contributed by atoms with Crippen LogP contribution in [0, 0.1) is 5.92 Å². The molecule has 4 heteroatoms. The number of halogens is 1. The number of aryl methyl sites for hydroxylation is 1. The van der Waals surface area contributed by atoms with Gasteiger partial charge in [0.05, 0.1) is 0 Å². The van der Waals surface area contributed by atoms with E-state index in [9.17, 15) is 0 Å². The molecular formula is C18H23ClN2O. The van der Waals surface area contributed by atoms with Crippen molar-refractivity contribution in [2.45, 2.75) is 24.5 Å². The van der Waals surface area contributed by atoms with E-state index in [4.69, 9.17) is 16.3 Å². The monoisotopic (exact) mass is 318 g/mol. The van der Waals surface area contributed by atoms with Crippen LogP contribution in [0.5, 0.6) is 0 Å². The fraction of sp³-hybridized carbons (Fsp3) is 0.556. The molecule has 1 aliphatic carbocycles. The fourth-order valence-electron chi connectivity index (χ4n) is 4.82. The maximum atomic E-state index is 6.23. The lowest BCUT2D eigenvalue weighted by Gasteiger charge is -2.52. The van der Waals surface area contributed by atoms with Gasteiger partial charge in [-0.05, 0) is 43.0 Å². The van der Waals surface area contributed by atoms with Crippen molar-refractivity contribution in [2.24, 2.45) is 13.0 Å². The molecule has 1 saturated heterocycles. The quantitative estimate of drug-likeness (QED) is 0.792. The topological polar surface area (TPSA) is 17.4 Å². The van der Waals surface area contributed by atoms with E-state index in [1.165, 1.54) is 22.0 Å². The van der Waals surface area contributed by atoms with Gasteiger partial charge in [0.2, 0.25) is 0 Å². The van der Waals surface area contributed by atoms with E-state index >= 15 is 0 Å². The van der Waals surface area contributed by atoms with E-state index < -0.39 is 0 Å². The summed E-state index contributed by atoms with van der Waals surface area (Å²) in [5.41, 5.74) is 3.86. The fourth-order valence-corrected chi connectivity index (χ4v) is 5.02. The SMILES string of the molecule is CO[C@]12C[C@@H](CCl)CN(C)[C@@H]1Cc1cn(C)c3cccc2c13. The minimum atomic E-state index is -0.236. The van der Waals surface area contributed by atoms with Gasteiger partial charge >= 0.3 is 0 Å². The number of methoxy groups -OCH3 is 1. The predicted octanol–water partition coefficient (Wildman–Crippen LogP) is 3.14. The number of hydrogen-bond acceptors (Lipinski definition) is 2. The van der Waals surface area contributed by atoms with Crippen LogP contribution >= 0.6 is 11.6 Å². The molecule has 3 nitrogen and oxygen atoms in total. The predicted molar refractivity (Wildman–Crippen MR) is 90.6 cm³/mol. The molecule has 1 fully saturated rings. The average molecular weight is 319 g/mol. The van der Waals surface area contributed by atoms with E-state index in [0.717, 1.165) is 19.4 Å². The lowest BCUT2D eigenvalue weighted by Crippen LogP contribution is -2.59. The molecule has 1 aromatic carbocycles. The van der Waals surface area contributed by atoms with Crippen molar-refractivity contribution < 1.29 is 4.74 Å². The van der Waals surface area contributed by atoms with E-state index in [-0.39, 0.29) is 5.60 Å². The van der Waals surface area contributed by atoms with Crippen molar-refractivity contribution in [2.75, 3.05) is 26.6 Å². The first-order valence-corrected chi connectivity index (χ1v) is 8.53. The molecule has 0 unspecified atom stereocenters. The Morgan fingerprint density at radius 3 is 2.91 bits per heavy atom. The van der Waals surface area contributed by atoms with Crippen LogP contribution in [-0.2, 0) is 23.8 Å². The van der Waals surface area contributed by atoms with Crippen molar-refractivity contribution in [3.05, 3.63) is 35.5 Å². The Hall–Kier alpha value is -1.03. The highest BCUT2D eigenvalue weighted by molar-refractivity contribution is 6.18. The Bertz CT molecular complexity index is 725. The molecule has 0 N–H and O–H groups in total. The molecule has 118 valence electrons. The molecule has 22 heavy (non-hydrogen) atoms. The number of rotatable bonds is 2. The van der Waals surface area contributed by atoms with Gasteiger partial charge in [-0.3, -0.25) is 4.90 Å². The molecule has 2 heterocycles. The Kier molecular flexibility index (Phi) is 3.30. The minimum Gasteiger partial charge on any atom is -0.372 e. The number of fused-ring (bicyclic) bond motifs is 2. The van der Waals surface area contributed by atoms with Crippen molar-refractivity contribution in [1.29, 1.82) is 0 Å². The van der Waals surface area contributed by atoms with Gasteiger partial charge in [0, 0.05) is 49.7 Å². The van der Waals surface area contributed by atoms with E-state index in [1.807, 2.05) is 7.11 Å². The zero-order chi connectivity index (χ0) is 15.5. The summed E-state index contributed by atoms with van der Waals surface area (Å²) in [6, 6.07) is 7.01. The first-order chi connectivity index (χ1) is 10.6. The van der Waals surface area contributed by atoms with Crippen molar-refractivity contribution in [3.8, 4) is 0 Å². The van der Waals surface area contributed by atoms with Crippen molar-refractivity contribution in [3.63, 3.8) is 0 Å². The highest BCUT2D eigenvalue weighted by Gasteiger charge is 2.51. The van der Waals surface area contributed by atoms with Crippen LogP contribution in [0.1, 0.15) is 17.5 Å². The molecule has 0 saturated carbocycles. The number of nitrogens with zero attached hydrogens (tertiary/aromatic N) is 2. The largest absolute Gasteiger partial charge is 0.372 e. The second-order valence-corrected chi connectivity index (χ2v) is 7.25. The molecule has 0 amide bonds. The maximum Gasteiger partial charge on any atom is 0.109 e. The second-order valence-electron chi connectivity index (χ2n) is 6.94. The molecule has 2 aromatic rings. The van der Waals surface area contributed by atoms with Gasteiger partial charge in [0.25, 0.3) is 0 Å². The third-order valence-electron chi connectivity index (χ3n) is 5.75. The summed E-state index contributed by atoms with van der Waals surface area (Å²) in [6.45, 7) is 1.05. The van der Waals surface area contributed by atoms with Gasteiger partial charge in [-0.2, -0.15) is 0 Å². The summed E-state index contributed by atoms with van der Waals surface area (Å²) < 4.78 is 8.48. The normalized spacial score (nSPS) is 31.5. The molecule has 1 aliphatic heterocycles. The molecule has 0 bridgehead atoms. The van der Waals surface area contributed by atoms with Gasteiger partial charge in [-0.1, -0.05) is 12.1 Å². The van der Waals surface area contributed by atoms with Crippen LogP contribution in [0.4, 0.5) is 0 Å². The van der Waals surface area contributed by atoms with Crippen molar-refractivity contribution in [1.82, 2.24) is 9.47 Å². The van der Waals surface area contributed by atoms with E-state index in [0.29, 0.717) is 17.8 Å². The summed E-state index contributed by atoms with van der Waals surface area (Å²) in [5.74, 6) is 1.17. The van der Waals surface area contributed by atoms with Gasteiger partial charge < -0.3 is 9.30 Å². The zero-order valence-electron chi connectivity index (χ0n) is 13.5. The summed E-state index contributed by atoms with van der Waals surface area (Å²) in [4.78, 5) is 2.45. The lowest BCUT2D eigenvalue weighted by atomic mass is 9.69. The Morgan fingerprint density at radius 2 is 2.18 bits per heavy atom. The van der Waals surface area contributed by atoms with E-state index in [1.54, 1.807) is 0 Å². The first-order valence-electron chi connectivity index (χ1n) is 7.99. The third kappa shape index (κ3) is 1.76. The highest BCUT2D eigenvalue weighted by Crippen LogP contribution is 2.49. The van der Waals surface area contributed by atoms with Crippen LogP contribution in [0.25, 0.3) is 10.9 Å². The summed E-state index contributed by atoms with van der Waals surface area (Å²) in [7, 11) is 6.21. The molecule has 4 rings (SSSR count). The minimum absolute atomic E-state index is 0.236. The maximum absolute atomic E-state index is 6.23. The number of alkyl halides is 1. The number of piperidine rings is 1. The van der Waals surface area contributed by atoms with E-state index in [2.05, 4.69) is 48.0 Å². The number of likely N-dealkylation sites (tertiary alicyclic amines) is 1. The molecular weight excluding hydrogens is 296 g/mol. The molecule has 0 radical (unpaired) electrons. The standard InChI is InChI=1S/C18H23ClN2O/c1-20-11-13-7-16-18(22-3,8-12(9-19)10-21(16)2)14-5-4-6-15(20)17(13)14/h4-6,11-12,16H,7-10H2,1-3H3/t12-,16+,18-/m0/s1. The number of aromatic nitrogens is 1. The van der Waals surface area contributed by atoms with Crippen LogP contribution in [0.3, 0.4) is 0 Å². The second kappa shape index (κ2) is 4.98. The van der Waals surface area contributed by atoms with Gasteiger partial charge in [-0.25, -0.2) is 0 Å². The number of benzene rings is 1. The number of likely N-dealkylation sites (N-methyl/N-ethyl adjacent to an activating group) is 1. The zero-order valence-corrected chi connectivity index (χ0v) is 14.2. The molecule has 0 spiro atoms. The molecule has 3 atom stereocenters. The van der Waals surface area contributed by atoms with Crippen LogP contribution in [0.15, 0.2) is 24.4 Å². The summed E-state index contributed by atoms with van der Waals surface area (Å²) in [6.07, 6.45) is 4.35. The van der Waals surface area contributed by atoms with Crippen LogP contribution < -0.4 is 0 Å². The Labute approximate surface area is 136 Å². The highest BCUT2D eigenvalue weighted by atomic mass is 35.5. The Morgan fingerprint density at radius 1 is 1.36 bits per heavy atom. The first kappa shape index (κ1) is 14.6. The average Bonchev–Trinajstić information content (AvgIpc) is 2.86. The third-order valence-corrected chi connectivity index (χ3v) is 6.19. The van der Waals surface area contributed by atoms with Gasteiger partial charge in [0.15, 0.2) is 0 Å². The van der Waals surface area contributed by atoms with Crippen LogP contribution in [-0.4, -0.2) is 42.1 Å². The van der Waals surface area contributed by atoms with Gasteiger partial charge in [0.1, 0.15) is 5.60 Å². The molecule has 2 aliphatic rings. The summed E-state index contributed by atoms with van der Waals surface area (Å²) in [5, 5.41) is 1.40. The van der Waals surface area contributed by atoms with Crippen molar-refractivity contribution >= 4 is 22.5 Å². The lowest BCUT2D eigenvalue weighted by molar-refractivity contribution is -0.122. The molecule has 1 aromatic heterocycles. The number of hydrogen-bond donors (Lipinski definition) is 0. The van der Waals surface area contributed by atoms with Crippen LogP contribution in [0.2, 0.25) is 0 Å². The Balaban J connectivity index is 1.98. The van der Waals surface area contributed by atoms with Gasteiger partial charge in [-0.15, -0.1) is 11.6 Å². The smallest absolute Gasteiger partial charge is 0.109 e.